The van der Waals surface area contributed by atoms with Crippen LogP contribution in [-0.4, -0.2) is 23.5 Å². The van der Waals surface area contributed by atoms with Crippen molar-refractivity contribution in [3.63, 3.8) is 0 Å². The minimum Gasteiger partial charge on any atom is -0.326 e. The van der Waals surface area contributed by atoms with E-state index in [9.17, 15) is 0 Å². The number of rotatable bonds is 5. The largest absolute Gasteiger partial charge is 0.326 e. The second-order valence-electron chi connectivity index (χ2n) is 6.40. The molecule has 1 aliphatic rings. The van der Waals surface area contributed by atoms with E-state index < -0.39 is 0 Å². The average molecular weight is 274 g/mol. The van der Waals surface area contributed by atoms with Crippen LogP contribution >= 0.6 is 0 Å². The number of nitrogens with zero attached hydrogens (tertiary/aromatic N) is 1. The van der Waals surface area contributed by atoms with Crippen molar-refractivity contribution in [2.75, 3.05) is 6.54 Å². The molecule has 2 N–H and O–H groups in total. The van der Waals surface area contributed by atoms with E-state index >= 15 is 0 Å². The second kappa shape index (κ2) is 7.24. The second-order valence-corrected chi connectivity index (χ2v) is 6.40. The van der Waals surface area contributed by atoms with E-state index in [1.54, 1.807) is 0 Å². The van der Waals surface area contributed by atoms with Crippen LogP contribution in [0.25, 0.3) is 0 Å². The van der Waals surface area contributed by atoms with Gasteiger partial charge in [0.15, 0.2) is 0 Å². The van der Waals surface area contributed by atoms with Crippen molar-refractivity contribution in [3.8, 4) is 0 Å². The zero-order valence-electron chi connectivity index (χ0n) is 13.4. The van der Waals surface area contributed by atoms with Gasteiger partial charge in [-0.05, 0) is 56.3 Å². The zero-order valence-corrected chi connectivity index (χ0v) is 13.4. The number of likely N-dealkylation sites (tertiary alicyclic amines) is 1. The van der Waals surface area contributed by atoms with Gasteiger partial charge in [0.2, 0.25) is 0 Å². The molecule has 1 aromatic rings. The fourth-order valence-electron chi connectivity index (χ4n) is 3.36. The molecule has 2 nitrogen and oxygen atoms in total. The Morgan fingerprint density at radius 3 is 2.75 bits per heavy atom. The van der Waals surface area contributed by atoms with Crippen molar-refractivity contribution in [2.45, 2.75) is 71.5 Å². The molecular weight excluding hydrogens is 244 g/mol. The first-order valence-corrected chi connectivity index (χ1v) is 8.17. The predicted octanol–water partition coefficient (Wildman–Crippen LogP) is 3.79. The van der Waals surface area contributed by atoms with Crippen LogP contribution in [0.1, 0.15) is 55.7 Å². The Labute approximate surface area is 124 Å². The molecule has 0 bridgehead atoms. The summed E-state index contributed by atoms with van der Waals surface area (Å²) in [5.41, 5.74) is 10.6. The molecule has 1 fully saturated rings. The third-order valence-electron chi connectivity index (χ3n) is 4.74. The smallest absolute Gasteiger partial charge is 0.0250 e. The van der Waals surface area contributed by atoms with Gasteiger partial charge in [-0.1, -0.05) is 38.0 Å². The van der Waals surface area contributed by atoms with Gasteiger partial charge in [0.25, 0.3) is 0 Å². The third kappa shape index (κ3) is 3.83. The minimum absolute atomic E-state index is 0.340. The molecule has 20 heavy (non-hydrogen) atoms. The molecule has 1 aliphatic heterocycles. The quantitative estimate of drug-likeness (QED) is 0.885. The van der Waals surface area contributed by atoms with Crippen molar-refractivity contribution in [1.29, 1.82) is 0 Å². The Balaban J connectivity index is 2.06. The van der Waals surface area contributed by atoms with Crippen LogP contribution in [-0.2, 0) is 6.54 Å². The van der Waals surface area contributed by atoms with Crippen LogP contribution in [0.4, 0.5) is 0 Å². The van der Waals surface area contributed by atoms with Gasteiger partial charge in [0, 0.05) is 18.6 Å². The molecule has 0 aliphatic carbocycles. The first-order valence-electron chi connectivity index (χ1n) is 8.17. The lowest BCUT2D eigenvalue weighted by molar-refractivity contribution is 0.115. The first-order chi connectivity index (χ1) is 9.61. The van der Waals surface area contributed by atoms with E-state index in [1.165, 1.54) is 48.9 Å². The molecule has 0 saturated carbocycles. The lowest BCUT2D eigenvalue weighted by atomic mass is 9.92. The molecule has 2 atom stereocenters. The summed E-state index contributed by atoms with van der Waals surface area (Å²) in [6.07, 6.45) is 6.26. The average Bonchev–Trinajstić information content (AvgIpc) is 2.44. The van der Waals surface area contributed by atoms with Crippen molar-refractivity contribution < 1.29 is 0 Å². The predicted molar refractivity (Wildman–Crippen MR) is 86.8 cm³/mol. The first kappa shape index (κ1) is 15.5. The monoisotopic (exact) mass is 274 g/mol. The molecule has 2 rings (SSSR count). The molecule has 2 unspecified atom stereocenters. The van der Waals surface area contributed by atoms with Gasteiger partial charge >= 0.3 is 0 Å². The molecule has 1 saturated heterocycles. The van der Waals surface area contributed by atoms with E-state index in [0.717, 1.165) is 13.0 Å². The van der Waals surface area contributed by atoms with Crippen molar-refractivity contribution in [2.24, 2.45) is 5.73 Å². The highest BCUT2D eigenvalue weighted by atomic mass is 15.2. The number of hydrogen-bond donors (Lipinski definition) is 1. The van der Waals surface area contributed by atoms with Crippen LogP contribution in [0.3, 0.4) is 0 Å². The summed E-state index contributed by atoms with van der Waals surface area (Å²) in [7, 11) is 0. The standard InChI is InChI=1S/C18H30N2/c1-4-7-17(19)18-8-5-6-11-20(18)13-16-10-9-14(2)15(3)12-16/h9-10,12,17-18H,4-8,11,13,19H2,1-3H3. The van der Waals surface area contributed by atoms with Gasteiger partial charge in [-0.2, -0.15) is 0 Å². The number of aryl methyl sites for hydroxylation is 2. The summed E-state index contributed by atoms with van der Waals surface area (Å²) >= 11 is 0. The van der Waals surface area contributed by atoms with Crippen LogP contribution in [0.15, 0.2) is 18.2 Å². The summed E-state index contributed by atoms with van der Waals surface area (Å²) in [5, 5.41) is 0. The number of hydrogen-bond acceptors (Lipinski definition) is 2. The zero-order chi connectivity index (χ0) is 14.5. The van der Waals surface area contributed by atoms with E-state index in [1.807, 2.05) is 0 Å². The normalized spacial score (nSPS) is 21.9. The van der Waals surface area contributed by atoms with Crippen LogP contribution in [0, 0.1) is 13.8 Å². The fourth-order valence-corrected chi connectivity index (χ4v) is 3.36. The van der Waals surface area contributed by atoms with E-state index in [4.69, 9.17) is 5.73 Å². The van der Waals surface area contributed by atoms with E-state index in [-0.39, 0.29) is 0 Å². The van der Waals surface area contributed by atoms with Gasteiger partial charge in [-0.3, -0.25) is 4.90 Å². The third-order valence-corrected chi connectivity index (χ3v) is 4.74. The molecule has 2 heteroatoms. The molecule has 1 heterocycles. The maximum Gasteiger partial charge on any atom is 0.0250 e. The Kier molecular flexibility index (Phi) is 5.62. The molecule has 1 aromatic carbocycles. The SMILES string of the molecule is CCCC(N)C1CCCCN1Cc1ccc(C)c(C)c1. The Morgan fingerprint density at radius 1 is 1.25 bits per heavy atom. The summed E-state index contributed by atoms with van der Waals surface area (Å²) < 4.78 is 0. The maximum atomic E-state index is 6.42. The highest BCUT2D eigenvalue weighted by Crippen LogP contribution is 2.23. The Bertz CT molecular complexity index is 427. The summed E-state index contributed by atoms with van der Waals surface area (Å²) in [4.78, 5) is 2.62. The van der Waals surface area contributed by atoms with Gasteiger partial charge in [-0.15, -0.1) is 0 Å². The van der Waals surface area contributed by atoms with Gasteiger partial charge in [-0.25, -0.2) is 0 Å². The van der Waals surface area contributed by atoms with Gasteiger partial charge < -0.3 is 5.73 Å². The molecule has 0 amide bonds. The Hall–Kier alpha value is -0.860. The lowest BCUT2D eigenvalue weighted by Gasteiger charge is -2.39. The van der Waals surface area contributed by atoms with Crippen LogP contribution in [0.5, 0.6) is 0 Å². The van der Waals surface area contributed by atoms with Crippen LogP contribution < -0.4 is 5.73 Å². The van der Waals surface area contributed by atoms with Crippen LogP contribution in [0.2, 0.25) is 0 Å². The summed E-state index contributed by atoms with van der Waals surface area (Å²) in [5.74, 6) is 0. The highest BCUT2D eigenvalue weighted by Gasteiger charge is 2.27. The Morgan fingerprint density at radius 2 is 2.05 bits per heavy atom. The van der Waals surface area contributed by atoms with E-state index in [0.29, 0.717) is 12.1 Å². The maximum absolute atomic E-state index is 6.42. The van der Waals surface area contributed by atoms with Crippen molar-refractivity contribution in [1.82, 2.24) is 4.90 Å². The molecule has 0 aromatic heterocycles. The topological polar surface area (TPSA) is 29.3 Å². The summed E-state index contributed by atoms with van der Waals surface area (Å²) in [6, 6.07) is 7.78. The number of benzene rings is 1. The lowest BCUT2D eigenvalue weighted by Crippen LogP contribution is -2.49. The fraction of sp³-hybridized carbons (Fsp3) is 0.667. The number of piperidine rings is 1. The number of nitrogens with two attached hydrogens (primary N) is 1. The highest BCUT2D eigenvalue weighted by molar-refractivity contribution is 5.29. The molecular formula is C18H30N2. The van der Waals surface area contributed by atoms with Crippen molar-refractivity contribution in [3.05, 3.63) is 34.9 Å². The van der Waals surface area contributed by atoms with Gasteiger partial charge in [0.05, 0.1) is 0 Å². The molecule has 112 valence electrons. The van der Waals surface area contributed by atoms with Gasteiger partial charge in [0.1, 0.15) is 0 Å². The van der Waals surface area contributed by atoms with Crippen molar-refractivity contribution >= 4 is 0 Å². The molecule has 0 spiro atoms. The minimum atomic E-state index is 0.340. The van der Waals surface area contributed by atoms with E-state index in [2.05, 4.69) is 43.9 Å². The molecule has 0 radical (unpaired) electrons. The summed E-state index contributed by atoms with van der Waals surface area (Å²) in [6.45, 7) is 8.88.